The van der Waals surface area contributed by atoms with E-state index in [0.717, 1.165) is 9.87 Å². The summed E-state index contributed by atoms with van der Waals surface area (Å²) in [6, 6.07) is 16.7. The van der Waals surface area contributed by atoms with E-state index in [9.17, 15) is 18.0 Å². The van der Waals surface area contributed by atoms with Gasteiger partial charge in [-0.05, 0) is 68.7 Å². The molecule has 0 aliphatic heterocycles. The largest absolute Gasteiger partial charge is 0.352 e. The molecule has 11 heteroatoms. The van der Waals surface area contributed by atoms with Crippen molar-refractivity contribution in [2.45, 2.75) is 64.1 Å². The first kappa shape index (κ1) is 32.7. The van der Waals surface area contributed by atoms with Crippen molar-refractivity contribution < 1.29 is 18.0 Å². The van der Waals surface area contributed by atoms with Gasteiger partial charge in [0, 0.05) is 27.7 Å². The van der Waals surface area contributed by atoms with E-state index in [1.54, 1.807) is 43.3 Å². The number of benzene rings is 3. The normalized spacial score (nSPS) is 12.9. The van der Waals surface area contributed by atoms with Crippen molar-refractivity contribution >= 4 is 62.3 Å². The fourth-order valence-corrected chi connectivity index (χ4v) is 6.33. The number of rotatable bonds is 12. The molecule has 0 fully saturated rings. The van der Waals surface area contributed by atoms with Crippen LogP contribution in [0.1, 0.15) is 44.7 Å². The maximum Gasteiger partial charge on any atom is 0.264 e. The minimum absolute atomic E-state index is 0.000337. The highest BCUT2D eigenvalue weighted by molar-refractivity contribution is 7.92. The fourth-order valence-electron chi connectivity index (χ4n) is 4.22. The first-order chi connectivity index (χ1) is 19.4. The summed E-state index contributed by atoms with van der Waals surface area (Å²) in [7, 11) is -4.25. The lowest BCUT2D eigenvalue weighted by atomic mass is 10.1. The zero-order valence-electron chi connectivity index (χ0n) is 23.4. The summed E-state index contributed by atoms with van der Waals surface area (Å²) in [5.41, 5.74) is 1.61. The van der Waals surface area contributed by atoms with Crippen molar-refractivity contribution in [1.82, 2.24) is 10.2 Å². The average molecular weight is 639 g/mol. The molecule has 2 amide bonds. The van der Waals surface area contributed by atoms with E-state index in [4.69, 9.17) is 34.8 Å². The Balaban J connectivity index is 2.10. The van der Waals surface area contributed by atoms with E-state index in [0.29, 0.717) is 23.4 Å². The van der Waals surface area contributed by atoms with Crippen LogP contribution in [0.2, 0.25) is 15.1 Å². The molecule has 0 saturated heterocycles. The Morgan fingerprint density at radius 1 is 0.902 bits per heavy atom. The molecule has 1 N–H and O–H groups in total. The number of nitrogens with one attached hydrogen (secondary N) is 1. The van der Waals surface area contributed by atoms with Crippen LogP contribution in [-0.4, -0.2) is 43.8 Å². The minimum Gasteiger partial charge on any atom is -0.352 e. The number of carbonyl (C=O) groups excluding carboxylic acids is 2. The van der Waals surface area contributed by atoms with Gasteiger partial charge in [-0.2, -0.15) is 0 Å². The third-order valence-corrected chi connectivity index (χ3v) is 9.30. The SMILES string of the molecule is CCC(C)NC(=O)C(CC)N(Cc1ccccc1Cl)C(=O)CN(c1cc(Cl)cc(Cl)c1)S(=O)(=O)c1ccc(C)cc1. The summed E-state index contributed by atoms with van der Waals surface area (Å²) in [4.78, 5) is 28.9. The topological polar surface area (TPSA) is 86.8 Å². The van der Waals surface area contributed by atoms with Crippen LogP contribution in [0.3, 0.4) is 0 Å². The molecule has 7 nitrogen and oxygen atoms in total. The molecule has 0 aromatic heterocycles. The first-order valence-corrected chi connectivity index (χ1v) is 15.8. The summed E-state index contributed by atoms with van der Waals surface area (Å²) in [6.45, 7) is 6.86. The molecular formula is C30H34Cl3N3O4S. The van der Waals surface area contributed by atoms with Crippen LogP contribution < -0.4 is 9.62 Å². The van der Waals surface area contributed by atoms with Gasteiger partial charge in [0.15, 0.2) is 0 Å². The second-order valence-electron chi connectivity index (χ2n) is 9.81. The Morgan fingerprint density at radius 3 is 2.07 bits per heavy atom. The Labute approximate surface area is 257 Å². The van der Waals surface area contributed by atoms with Gasteiger partial charge in [0.05, 0.1) is 10.6 Å². The number of aryl methyl sites for hydroxylation is 1. The van der Waals surface area contributed by atoms with Crippen molar-refractivity contribution in [1.29, 1.82) is 0 Å². The maximum absolute atomic E-state index is 14.1. The van der Waals surface area contributed by atoms with Gasteiger partial charge in [0.1, 0.15) is 12.6 Å². The van der Waals surface area contributed by atoms with Crippen molar-refractivity contribution in [3.8, 4) is 0 Å². The maximum atomic E-state index is 14.1. The summed E-state index contributed by atoms with van der Waals surface area (Å²) in [6.07, 6.45) is 1.00. The van der Waals surface area contributed by atoms with E-state index in [1.807, 2.05) is 20.8 Å². The van der Waals surface area contributed by atoms with Gasteiger partial charge in [0.25, 0.3) is 10.0 Å². The summed E-state index contributed by atoms with van der Waals surface area (Å²) in [5.74, 6) is -0.927. The van der Waals surface area contributed by atoms with Gasteiger partial charge >= 0.3 is 0 Å². The molecule has 0 heterocycles. The highest BCUT2D eigenvalue weighted by Crippen LogP contribution is 2.30. The predicted octanol–water partition coefficient (Wildman–Crippen LogP) is 6.87. The van der Waals surface area contributed by atoms with Crippen molar-refractivity contribution in [2.24, 2.45) is 0 Å². The Hall–Kier alpha value is -2.78. The molecule has 2 atom stereocenters. The Morgan fingerprint density at radius 2 is 1.51 bits per heavy atom. The van der Waals surface area contributed by atoms with Crippen LogP contribution in [0, 0.1) is 6.92 Å². The van der Waals surface area contributed by atoms with E-state index >= 15 is 0 Å². The standard InChI is InChI=1S/C30H34Cl3N3O4S/c1-5-21(4)34-30(38)28(6-2)35(18-22-9-7-8-10-27(22)33)29(37)19-36(25-16-23(31)15-24(32)17-25)41(39,40)26-13-11-20(3)12-14-26/h7-17,21,28H,5-6,18-19H2,1-4H3,(H,34,38). The highest BCUT2D eigenvalue weighted by atomic mass is 35.5. The molecule has 0 aliphatic rings. The number of sulfonamides is 1. The Bertz CT molecular complexity index is 1460. The van der Waals surface area contributed by atoms with E-state index in [1.165, 1.54) is 35.2 Å². The van der Waals surface area contributed by atoms with Crippen LogP contribution in [0.4, 0.5) is 5.69 Å². The molecule has 2 unspecified atom stereocenters. The number of hydrogen-bond donors (Lipinski definition) is 1. The van der Waals surface area contributed by atoms with Gasteiger partial charge in [0.2, 0.25) is 11.8 Å². The number of carbonyl (C=O) groups is 2. The van der Waals surface area contributed by atoms with Crippen molar-refractivity contribution in [3.63, 3.8) is 0 Å². The van der Waals surface area contributed by atoms with E-state index < -0.39 is 28.5 Å². The van der Waals surface area contributed by atoms with Gasteiger partial charge in [-0.15, -0.1) is 0 Å². The fraction of sp³-hybridized carbons (Fsp3) is 0.333. The molecule has 0 radical (unpaired) electrons. The minimum atomic E-state index is -4.25. The molecule has 0 aliphatic carbocycles. The van der Waals surface area contributed by atoms with E-state index in [2.05, 4.69) is 5.32 Å². The lowest BCUT2D eigenvalue weighted by Gasteiger charge is -2.34. The molecule has 3 aromatic carbocycles. The second kappa shape index (κ2) is 14.4. The summed E-state index contributed by atoms with van der Waals surface area (Å²) < 4.78 is 28.9. The molecule has 41 heavy (non-hydrogen) atoms. The lowest BCUT2D eigenvalue weighted by Crippen LogP contribution is -2.53. The first-order valence-electron chi connectivity index (χ1n) is 13.3. The number of amides is 2. The Kier molecular flexibility index (Phi) is 11.5. The second-order valence-corrected chi connectivity index (χ2v) is 12.9. The van der Waals surface area contributed by atoms with Crippen LogP contribution in [0.15, 0.2) is 71.6 Å². The average Bonchev–Trinajstić information content (AvgIpc) is 2.92. The van der Waals surface area contributed by atoms with Gasteiger partial charge in [-0.25, -0.2) is 8.42 Å². The third-order valence-electron chi connectivity index (χ3n) is 6.71. The van der Waals surface area contributed by atoms with E-state index in [-0.39, 0.29) is 39.1 Å². The van der Waals surface area contributed by atoms with Crippen LogP contribution >= 0.6 is 34.8 Å². The number of nitrogens with zero attached hydrogens (tertiary/aromatic N) is 2. The van der Waals surface area contributed by atoms with Crippen LogP contribution in [0.5, 0.6) is 0 Å². The highest BCUT2D eigenvalue weighted by Gasteiger charge is 2.34. The zero-order chi connectivity index (χ0) is 30.3. The smallest absolute Gasteiger partial charge is 0.264 e. The van der Waals surface area contributed by atoms with Crippen LogP contribution in [-0.2, 0) is 26.2 Å². The number of anilines is 1. The summed E-state index contributed by atoms with van der Waals surface area (Å²) in [5, 5.41) is 3.78. The molecule has 220 valence electrons. The number of halogens is 3. The molecular weight excluding hydrogens is 605 g/mol. The molecule has 0 saturated carbocycles. The summed E-state index contributed by atoms with van der Waals surface area (Å²) >= 11 is 18.9. The van der Waals surface area contributed by atoms with Crippen LogP contribution in [0.25, 0.3) is 0 Å². The molecule has 0 bridgehead atoms. The molecule has 3 aromatic rings. The predicted molar refractivity (Wildman–Crippen MR) is 166 cm³/mol. The molecule has 3 rings (SSSR count). The lowest BCUT2D eigenvalue weighted by molar-refractivity contribution is -0.140. The van der Waals surface area contributed by atoms with Gasteiger partial charge < -0.3 is 10.2 Å². The van der Waals surface area contributed by atoms with Gasteiger partial charge in [-0.1, -0.05) is 84.5 Å². The number of hydrogen-bond acceptors (Lipinski definition) is 4. The zero-order valence-corrected chi connectivity index (χ0v) is 26.5. The quantitative estimate of drug-likeness (QED) is 0.235. The van der Waals surface area contributed by atoms with Gasteiger partial charge in [-0.3, -0.25) is 13.9 Å². The third kappa shape index (κ3) is 8.38. The van der Waals surface area contributed by atoms with Crippen molar-refractivity contribution in [2.75, 3.05) is 10.8 Å². The molecule has 0 spiro atoms. The monoisotopic (exact) mass is 637 g/mol. The van der Waals surface area contributed by atoms with Crippen molar-refractivity contribution in [3.05, 3.63) is 92.9 Å².